The minimum absolute atomic E-state index is 0.0165. The van der Waals surface area contributed by atoms with Crippen LogP contribution in [0.2, 0.25) is 0 Å². The number of ether oxygens (including phenoxy) is 1. The number of carbonyl (C=O) groups excluding carboxylic acids is 1. The van der Waals surface area contributed by atoms with Crippen LogP contribution in [-0.2, 0) is 9.53 Å². The van der Waals surface area contributed by atoms with Crippen molar-refractivity contribution in [2.45, 2.75) is 24.9 Å². The van der Waals surface area contributed by atoms with Crippen molar-refractivity contribution in [3.05, 3.63) is 82.4 Å². The summed E-state index contributed by atoms with van der Waals surface area (Å²) in [5.41, 5.74) is 1.56. The molecule has 0 amide bonds. The first kappa shape index (κ1) is 22.4. The Bertz CT molecular complexity index is 1150. The summed E-state index contributed by atoms with van der Waals surface area (Å²) in [6.07, 6.45) is 2.57. The first-order valence-electron chi connectivity index (χ1n) is 10.4. The van der Waals surface area contributed by atoms with Crippen molar-refractivity contribution in [2.24, 2.45) is 0 Å². The van der Waals surface area contributed by atoms with Crippen LogP contribution in [0.3, 0.4) is 0 Å². The molecule has 170 valence electrons. The van der Waals surface area contributed by atoms with Gasteiger partial charge in [-0.1, -0.05) is 6.07 Å². The molecule has 1 aliphatic heterocycles. The predicted octanol–water partition coefficient (Wildman–Crippen LogP) is 4.18. The predicted molar refractivity (Wildman–Crippen MR) is 124 cm³/mol. The molecule has 10 heteroatoms. The summed E-state index contributed by atoms with van der Waals surface area (Å²) < 4.78 is 10.9. The van der Waals surface area contributed by atoms with Crippen LogP contribution in [-0.4, -0.2) is 39.5 Å². The summed E-state index contributed by atoms with van der Waals surface area (Å²) in [6, 6.07) is 15.1. The number of furan rings is 1. The fraction of sp³-hybridized carbons (Fsp3) is 0.261. The van der Waals surface area contributed by atoms with E-state index in [4.69, 9.17) is 21.4 Å². The van der Waals surface area contributed by atoms with Gasteiger partial charge < -0.3 is 19.4 Å². The normalized spacial score (nSPS) is 17.6. The van der Waals surface area contributed by atoms with E-state index in [1.54, 1.807) is 18.3 Å². The number of nitro benzene ring substituents is 1. The van der Waals surface area contributed by atoms with E-state index in [9.17, 15) is 14.9 Å². The van der Waals surface area contributed by atoms with Gasteiger partial charge in [-0.25, -0.2) is 0 Å². The Morgan fingerprint density at radius 2 is 2.03 bits per heavy atom. The van der Waals surface area contributed by atoms with Gasteiger partial charge in [-0.3, -0.25) is 19.9 Å². The van der Waals surface area contributed by atoms with Gasteiger partial charge in [0.1, 0.15) is 17.6 Å². The number of methoxy groups -OCH3 is 1. The number of benzene rings is 1. The fourth-order valence-electron chi connectivity index (χ4n) is 3.87. The Hall–Kier alpha value is -3.79. The maximum absolute atomic E-state index is 11.6. The van der Waals surface area contributed by atoms with Crippen molar-refractivity contribution >= 4 is 29.0 Å². The second-order valence-electron chi connectivity index (χ2n) is 7.51. The molecule has 0 aliphatic carbocycles. The average Bonchev–Trinajstić information content (AvgIpc) is 3.44. The summed E-state index contributed by atoms with van der Waals surface area (Å²) in [4.78, 5) is 28.6. The number of hydrogen-bond donors (Lipinski definition) is 1. The van der Waals surface area contributed by atoms with E-state index >= 15 is 0 Å². The third kappa shape index (κ3) is 4.85. The number of nitro groups is 1. The van der Waals surface area contributed by atoms with E-state index in [-0.39, 0.29) is 30.2 Å². The quantitative estimate of drug-likeness (QED) is 0.226. The Morgan fingerprint density at radius 3 is 2.70 bits per heavy atom. The summed E-state index contributed by atoms with van der Waals surface area (Å²) in [7, 11) is 1.37. The standard InChI is InChI=1S/C23H22N4O5S/c1-31-20(28)6-4-14-26-22(21(25-23(26)33)17-5-2-3-13-24-17)19-12-11-18(32-19)15-7-9-16(10-8-15)27(29)30/h2-3,5,7-13,21-22H,4,6,14H2,1H3,(H,25,33)/t21-,22-/m0/s1. The first-order chi connectivity index (χ1) is 16.0. The summed E-state index contributed by atoms with van der Waals surface area (Å²) in [6.45, 7) is 0.530. The van der Waals surface area contributed by atoms with E-state index in [0.29, 0.717) is 29.6 Å². The van der Waals surface area contributed by atoms with Crippen LogP contribution in [0.15, 0.2) is 65.2 Å². The molecule has 2 aromatic heterocycles. The number of esters is 1. The Kier molecular flexibility index (Phi) is 6.64. The maximum atomic E-state index is 11.6. The number of non-ortho nitro benzene ring substituents is 1. The lowest BCUT2D eigenvalue weighted by Crippen LogP contribution is -2.30. The molecule has 9 nitrogen and oxygen atoms in total. The minimum Gasteiger partial charge on any atom is -0.469 e. The molecule has 0 radical (unpaired) electrons. The molecular weight excluding hydrogens is 444 g/mol. The molecule has 1 aromatic carbocycles. The number of hydrogen-bond acceptors (Lipinski definition) is 7. The van der Waals surface area contributed by atoms with E-state index in [2.05, 4.69) is 10.3 Å². The van der Waals surface area contributed by atoms with Gasteiger partial charge in [0.2, 0.25) is 0 Å². The molecule has 1 N–H and O–H groups in total. The van der Waals surface area contributed by atoms with E-state index in [1.807, 2.05) is 35.2 Å². The van der Waals surface area contributed by atoms with Gasteiger partial charge in [0.15, 0.2) is 5.11 Å². The molecule has 0 unspecified atom stereocenters. The molecule has 1 aliphatic rings. The monoisotopic (exact) mass is 466 g/mol. The fourth-order valence-corrected chi connectivity index (χ4v) is 4.20. The number of nitrogens with zero attached hydrogens (tertiary/aromatic N) is 3. The van der Waals surface area contributed by atoms with Gasteiger partial charge in [-0.2, -0.15) is 0 Å². The zero-order chi connectivity index (χ0) is 23.4. The van der Waals surface area contributed by atoms with Crippen LogP contribution in [0.5, 0.6) is 0 Å². The van der Waals surface area contributed by atoms with Crippen LogP contribution in [0.1, 0.15) is 36.4 Å². The largest absolute Gasteiger partial charge is 0.469 e. The SMILES string of the molecule is COC(=O)CCCN1C(=S)N[C@@H](c2ccccn2)[C@@H]1c1ccc(-c2ccc([N+](=O)[O-])cc2)o1. The van der Waals surface area contributed by atoms with E-state index < -0.39 is 4.92 Å². The molecule has 1 fully saturated rings. The van der Waals surface area contributed by atoms with Gasteiger partial charge >= 0.3 is 5.97 Å². The van der Waals surface area contributed by atoms with Crippen LogP contribution >= 0.6 is 12.2 Å². The number of thiocarbonyl (C=S) groups is 1. The maximum Gasteiger partial charge on any atom is 0.305 e. The highest BCUT2D eigenvalue weighted by atomic mass is 32.1. The second kappa shape index (κ2) is 9.78. The van der Waals surface area contributed by atoms with Crippen molar-refractivity contribution in [3.8, 4) is 11.3 Å². The number of pyridine rings is 1. The van der Waals surface area contributed by atoms with Crippen LogP contribution < -0.4 is 5.32 Å². The smallest absolute Gasteiger partial charge is 0.305 e. The highest BCUT2D eigenvalue weighted by Crippen LogP contribution is 2.40. The minimum atomic E-state index is -0.438. The molecule has 3 heterocycles. The third-order valence-corrected chi connectivity index (χ3v) is 5.84. The van der Waals surface area contributed by atoms with E-state index in [0.717, 1.165) is 11.3 Å². The van der Waals surface area contributed by atoms with Gasteiger partial charge in [0.05, 0.1) is 23.8 Å². The average molecular weight is 467 g/mol. The lowest BCUT2D eigenvalue weighted by atomic mass is 10.0. The highest BCUT2D eigenvalue weighted by molar-refractivity contribution is 7.80. The molecule has 2 atom stereocenters. The second-order valence-corrected chi connectivity index (χ2v) is 7.89. The number of nitrogens with one attached hydrogen (secondary N) is 1. The lowest BCUT2D eigenvalue weighted by Gasteiger charge is -2.25. The topological polar surface area (TPSA) is 111 Å². The molecule has 0 spiro atoms. The number of rotatable bonds is 8. The zero-order valence-corrected chi connectivity index (χ0v) is 18.7. The van der Waals surface area contributed by atoms with Gasteiger partial charge in [0.25, 0.3) is 5.69 Å². The number of aromatic nitrogens is 1. The molecule has 0 bridgehead atoms. The van der Waals surface area contributed by atoms with E-state index in [1.165, 1.54) is 19.2 Å². The molecular formula is C23H22N4O5S. The van der Waals surface area contributed by atoms with Gasteiger partial charge in [0, 0.05) is 36.9 Å². The van der Waals surface area contributed by atoms with Crippen LogP contribution in [0.25, 0.3) is 11.3 Å². The van der Waals surface area contributed by atoms with Crippen LogP contribution in [0.4, 0.5) is 5.69 Å². The lowest BCUT2D eigenvalue weighted by molar-refractivity contribution is -0.384. The third-order valence-electron chi connectivity index (χ3n) is 5.49. The highest BCUT2D eigenvalue weighted by Gasteiger charge is 2.41. The summed E-state index contributed by atoms with van der Waals surface area (Å²) in [5.74, 6) is 0.987. The Labute approximate surface area is 195 Å². The molecule has 33 heavy (non-hydrogen) atoms. The van der Waals surface area contributed by atoms with Crippen molar-refractivity contribution in [1.29, 1.82) is 0 Å². The molecule has 0 saturated carbocycles. The van der Waals surface area contributed by atoms with Crippen molar-refractivity contribution in [1.82, 2.24) is 15.2 Å². The van der Waals surface area contributed by atoms with Crippen molar-refractivity contribution in [3.63, 3.8) is 0 Å². The molecule has 1 saturated heterocycles. The van der Waals surface area contributed by atoms with Gasteiger partial charge in [-0.05, 0) is 55.0 Å². The van der Waals surface area contributed by atoms with Crippen LogP contribution in [0, 0.1) is 10.1 Å². The van der Waals surface area contributed by atoms with Crippen molar-refractivity contribution in [2.75, 3.05) is 13.7 Å². The number of carbonyl (C=O) groups is 1. The first-order valence-corrected chi connectivity index (χ1v) is 10.8. The summed E-state index contributed by atoms with van der Waals surface area (Å²) in [5, 5.41) is 14.8. The molecule has 3 aromatic rings. The summed E-state index contributed by atoms with van der Waals surface area (Å²) >= 11 is 5.61. The van der Waals surface area contributed by atoms with Crippen molar-refractivity contribution < 1.29 is 18.9 Å². The molecule has 4 rings (SSSR count). The Balaban J connectivity index is 1.63. The Morgan fingerprint density at radius 1 is 1.24 bits per heavy atom. The zero-order valence-electron chi connectivity index (χ0n) is 17.8. The van der Waals surface area contributed by atoms with Gasteiger partial charge in [-0.15, -0.1) is 0 Å².